The minimum Gasteiger partial charge on any atom is -0.507 e. The highest BCUT2D eigenvalue weighted by molar-refractivity contribution is 6.31. The van der Waals surface area contributed by atoms with Crippen LogP contribution in [0.15, 0.2) is 18.2 Å². The van der Waals surface area contributed by atoms with Gasteiger partial charge in [-0.15, -0.1) is 0 Å². The number of aromatic hydroxyl groups is 1. The molecule has 1 aromatic carbocycles. The van der Waals surface area contributed by atoms with E-state index in [9.17, 15) is 15.0 Å². The standard InChI is InChI=1S/C13H16ClNO3/c14-9-3-4-11(17)10(7-9)12(18)15-13(8-16)5-1-2-6-13/h3-4,7,16-17H,1-2,5-6,8H2,(H,15,18). The number of halogens is 1. The first-order valence-corrected chi connectivity index (χ1v) is 6.36. The van der Waals surface area contributed by atoms with Crippen molar-refractivity contribution in [2.45, 2.75) is 31.2 Å². The second-order valence-corrected chi connectivity index (χ2v) is 5.20. The number of carbonyl (C=O) groups excluding carboxylic acids is 1. The molecule has 0 unspecified atom stereocenters. The van der Waals surface area contributed by atoms with E-state index >= 15 is 0 Å². The number of hydrogen-bond acceptors (Lipinski definition) is 3. The van der Waals surface area contributed by atoms with Crippen molar-refractivity contribution in [3.63, 3.8) is 0 Å². The van der Waals surface area contributed by atoms with Gasteiger partial charge in [-0.25, -0.2) is 0 Å². The Balaban J connectivity index is 2.18. The van der Waals surface area contributed by atoms with E-state index in [1.807, 2.05) is 0 Å². The third kappa shape index (κ3) is 2.60. The SMILES string of the molecule is O=C(NC1(CO)CCCC1)c1cc(Cl)ccc1O. The van der Waals surface area contributed by atoms with E-state index < -0.39 is 11.4 Å². The topological polar surface area (TPSA) is 69.6 Å². The minimum atomic E-state index is -0.550. The van der Waals surface area contributed by atoms with Crippen LogP contribution < -0.4 is 5.32 Å². The first-order chi connectivity index (χ1) is 8.56. The summed E-state index contributed by atoms with van der Waals surface area (Å²) in [6.45, 7) is -0.0833. The van der Waals surface area contributed by atoms with Crippen LogP contribution in [0.2, 0.25) is 5.02 Å². The van der Waals surface area contributed by atoms with Crippen LogP contribution in [0.4, 0.5) is 0 Å². The predicted molar refractivity (Wildman–Crippen MR) is 68.9 cm³/mol. The van der Waals surface area contributed by atoms with Crippen molar-refractivity contribution in [1.82, 2.24) is 5.32 Å². The zero-order valence-corrected chi connectivity index (χ0v) is 10.7. The van der Waals surface area contributed by atoms with Gasteiger partial charge >= 0.3 is 0 Å². The van der Waals surface area contributed by atoms with Gasteiger partial charge in [0.25, 0.3) is 5.91 Å². The number of carbonyl (C=O) groups is 1. The molecule has 0 atom stereocenters. The summed E-state index contributed by atoms with van der Waals surface area (Å²) in [6, 6.07) is 4.33. The van der Waals surface area contributed by atoms with Gasteiger partial charge in [0.15, 0.2) is 0 Å². The molecule has 0 radical (unpaired) electrons. The highest BCUT2D eigenvalue weighted by Gasteiger charge is 2.35. The monoisotopic (exact) mass is 269 g/mol. The first kappa shape index (κ1) is 13.2. The Morgan fingerprint density at radius 1 is 1.39 bits per heavy atom. The Bertz CT molecular complexity index is 456. The number of aliphatic hydroxyl groups excluding tert-OH is 1. The fourth-order valence-corrected chi connectivity index (χ4v) is 2.54. The molecule has 1 aliphatic rings. The van der Waals surface area contributed by atoms with Crippen molar-refractivity contribution in [2.24, 2.45) is 0 Å². The van der Waals surface area contributed by atoms with Crippen molar-refractivity contribution < 1.29 is 15.0 Å². The molecule has 4 nitrogen and oxygen atoms in total. The second kappa shape index (κ2) is 5.16. The number of phenols is 1. The molecule has 0 bridgehead atoms. The molecule has 0 aliphatic heterocycles. The van der Waals surface area contributed by atoms with Gasteiger partial charge in [-0.1, -0.05) is 24.4 Å². The lowest BCUT2D eigenvalue weighted by Gasteiger charge is -2.28. The van der Waals surface area contributed by atoms with E-state index in [2.05, 4.69) is 5.32 Å². The van der Waals surface area contributed by atoms with Crippen molar-refractivity contribution in [3.8, 4) is 5.75 Å². The molecule has 1 aliphatic carbocycles. The van der Waals surface area contributed by atoms with E-state index in [1.165, 1.54) is 18.2 Å². The summed E-state index contributed by atoms with van der Waals surface area (Å²) in [5.41, 5.74) is -0.409. The van der Waals surface area contributed by atoms with E-state index in [4.69, 9.17) is 11.6 Å². The minimum absolute atomic E-state index is 0.0833. The molecule has 98 valence electrons. The number of amides is 1. The maximum absolute atomic E-state index is 12.1. The van der Waals surface area contributed by atoms with Gasteiger partial charge in [-0.2, -0.15) is 0 Å². The van der Waals surface area contributed by atoms with Crippen LogP contribution in [-0.4, -0.2) is 28.3 Å². The Morgan fingerprint density at radius 3 is 2.67 bits per heavy atom. The number of benzene rings is 1. The lowest BCUT2D eigenvalue weighted by atomic mass is 9.98. The Labute approximate surface area is 111 Å². The molecule has 18 heavy (non-hydrogen) atoms. The summed E-state index contributed by atoms with van der Waals surface area (Å²) in [5, 5.41) is 22.3. The highest BCUT2D eigenvalue weighted by Crippen LogP contribution is 2.30. The molecule has 0 heterocycles. The van der Waals surface area contributed by atoms with Crippen LogP contribution in [0, 0.1) is 0 Å². The number of rotatable bonds is 3. The summed E-state index contributed by atoms with van der Waals surface area (Å²) in [4.78, 5) is 12.1. The van der Waals surface area contributed by atoms with Crippen LogP contribution in [0.25, 0.3) is 0 Å². The molecule has 1 saturated carbocycles. The Kier molecular flexibility index (Phi) is 3.78. The first-order valence-electron chi connectivity index (χ1n) is 5.98. The summed E-state index contributed by atoms with van der Waals surface area (Å²) in [5.74, 6) is -0.506. The Morgan fingerprint density at radius 2 is 2.06 bits per heavy atom. The smallest absolute Gasteiger partial charge is 0.255 e. The molecule has 1 fully saturated rings. The number of aliphatic hydroxyl groups is 1. The number of phenolic OH excluding ortho intramolecular Hbond substituents is 1. The van der Waals surface area contributed by atoms with Crippen LogP contribution in [0.3, 0.4) is 0 Å². The van der Waals surface area contributed by atoms with Crippen LogP contribution in [0.1, 0.15) is 36.0 Å². The van der Waals surface area contributed by atoms with Gasteiger partial charge in [-0.3, -0.25) is 4.79 Å². The van der Waals surface area contributed by atoms with Gasteiger partial charge in [0.1, 0.15) is 5.75 Å². The largest absolute Gasteiger partial charge is 0.507 e. The van der Waals surface area contributed by atoms with Crippen LogP contribution in [-0.2, 0) is 0 Å². The van der Waals surface area contributed by atoms with Gasteiger partial charge < -0.3 is 15.5 Å². The van der Waals surface area contributed by atoms with Crippen molar-refractivity contribution in [2.75, 3.05) is 6.61 Å². The van der Waals surface area contributed by atoms with Gasteiger partial charge in [0, 0.05) is 5.02 Å². The zero-order valence-electron chi connectivity index (χ0n) is 9.95. The van der Waals surface area contributed by atoms with Crippen LogP contribution >= 0.6 is 11.6 Å². The average Bonchev–Trinajstić information content (AvgIpc) is 2.81. The van der Waals surface area contributed by atoms with Crippen molar-refractivity contribution in [1.29, 1.82) is 0 Å². The summed E-state index contributed by atoms with van der Waals surface area (Å²) < 4.78 is 0. The third-order valence-corrected chi connectivity index (χ3v) is 3.68. The zero-order chi connectivity index (χ0) is 13.2. The van der Waals surface area contributed by atoms with Crippen molar-refractivity contribution >= 4 is 17.5 Å². The normalized spacial score (nSPS) is 17.7. The maximum Gasteiger partial charge on any atom is 0.255 e. The number of hydrogen-bond donors (Lipinski definition) is 3. The fraction of sp³-hybridized carbons (Fsp3) is 0.462. The predicted octanol–water partition coefficient (Wildman–Crippen LogP) is 2.08. The Hall–Kier alpha value is -1.26. The van der Waals surface area contributed by atoms with E-state index in [0.717, 1.165) is 25.7 Å². The van der Waals surface area contributed by atoms with Gasteiger partial charge in [-0.05, 0) is 31.0 Å². The third-order valence-electron chi connectivity index (χ3n) is 3.45. The van der Waals surface area contributed by atoms with E-state index in [0.29, 0.717) is 5.02 Å². The molecular formula is C13H16ClNO3. The highest BCUT2D eigenvalue weighted by atomic mass is 35.5. The molecule has 0 aromatic heterocycles. The molecule has 1 aromatic rings. The molecule has 2 rings (SSSR count). The molecular weight excluding hydrogens is 254 g/mol. The van der Waals surface area contributed by atoms with Crippen LogP contribution in [0.5, 0.6) is 5.75 Å². The molecule has 0 saturated heterocycles. The van der Waals surface area contributed by atoms with Crippen molar-refractivity contribution in [3.05, 3.63) is 28.8 Å². The second-order valence-electron chi connectivity index (χ2n) is 4.76. The fourth-order valence-electron chi connectivity index (χ4n) is 2.37. The molecule has 0 spiro atoms. The van der Waals surface area contributed by atoms with Gasteiger partial charge in [0.05, 0.1) is 17.7 Å². The van der Waals surface area contributed by atoms with Gasteiger partial charge in [0.2, 0.25) is 0 Å². The summed E-state index contributed by atoms with van der Waals surface area (Å²) in [7, 11) is 0. The lowest BCUT2D eigenvalue weighted by molar-refractivity contribution is 0.0836. The molecule has 3 N–H and O–H groups in total. The maximum atomic E-state index is 12.1. The van der Waals surface area contributed by atoms with E-state index in [1.54, 1.807) is 0 Å². The summed E-state index contributed by atoms with van der Waals surface area (Å²) in [6.07, 6.45) is 3.50. The molecule has 5 heteroatoms. The summed E-state index contributed by atoms with van der Waals surface area (Å²) >= 11 is 5.81. The average molecular weight is 270 g/mol. The lowest BCUT2D eigenvalue weighted by Crippen LogP contribution is -2.49. The molecule has 1 amide bonds. The van der Waals surface area contributed by atoms with E-state index in [-0.39, 0.29) is 17.9 Å². The number of nitrogens with one attached hydrogen (secondary N) is 1. The quantitative estimate of drug-likeness (QED) is 0.787.